The molecule has 4 aromatic rings. The Kier molecular flexibility index (Phi) is 10.3. The Morgan fingerprint density at radius 3 is 2.63 bits per heavy atom. The second kappa shape index (κ2) is 14.1. The van der Waals surface area contributed by atoms with Gasteiger partial charge in [-0.05, 0) is 73.1 Å². The number of fused-ring (bicyclic) bond motifs is 1. The number of methoxy groups -OCH3 is 1. The van der Waals surface area contributed by atoms with E-state index in [4.69, 9.17) is 9.84 Å². The number of nitrogens with one attached hydrogen (secondary N) is 1. The molecule has 2 N–H and O–H groups in total. The SMILES string of the molecule is C=C(NCCOC)c1ccc2nn(CC(CCC)CCCC(=O)c3ccc(-c4ccc(F)cc4C)cc3)cc2c1O. The van der Waals surface area contributed by atoms with Crippen molar-refractivity contribution in [1.29, 1.82) is 0 Å². The summed E-state index contributed by atoms with van der Waals surface area (Å²) < 4.78 is 20.4. The summed E-state index contributed by atoms with van der Waals surface area (Å²) in [4.78, 5) is 12.9. The van der Waals surface area contributed by atoms with Crippen LogP contribution in [0.2, 0.25) is 0 Å². The number of phenols is 1. The molecule has 0 amide bonds. The first-order valence-electron chi connectivity index (χ1n) is 14.3. The van der Waals surface area contributed by atoms with E-state index in [1.54, 1.807) is 13.2 Å². The third-order valence-corrected chi connectivity index (χ3v) is 7.54. The number of halogens is 1. The summed E-state index contributed by atoms with van der Waals surface area (Å²) in [7, 11) is 1.64. The molecular formula is C34H40FN3O3. The maximum Gasteiger partial charge on any atom is 0.162 e. The molecule has 0 spiro atoms. The topological polar surface area (TPSA) is 76.4 Å². The summed E-state index contributed by atoms with van der Waals surface area (Å²) in [6, 6.07) is 16.1. The van der Waals surface area contributed by atoms with Crippen LogP contribution in [0.4, 0.5) is 4.39 Å². The number of hydrogen-bond donors (Lipinski definition) is 2. The fourth-order valence-corrected chi connectivity index (χ4v) is 5.35. The molecule has 1 heterocycles. The highest BCUT2D eigenvalue weighted by Crippen LogP contribution is 2.32. The van der Waals surface area contributed by atoms with E-state index in [1.165, 1.54) is 12.1 Å². The summed E-state index contributed by atoms with van der Waals surface area (Å²) in [5, 5.41) is 19.5. The van der Waals surface area contributed by atoms with Crippen molar-refractivity contribution >= 4 is 22.4 Å². The van der Waals surface area contributed by atoms with Gasteiger partial charge in [0.05, 0.1) is 17.5 Å². The number of Topliss-reactive ketones (excluding diaryl/α,β-unsaturated/α-hetero) is 1. The zero-order valence-corrected chi connectivity index (χ0v) is 24.3. The molecule has 0 fully saturated rings. The molecule has 1 unspecified atom stereocenters. The highest BCUT2D eigenvalue weighted by molar-refractivity contribution is 5.96. The number of phenolic OH excluding ortho intramolecular Hbond substituents is 1. The monoisotopic (exact) mass is 557 g/mol. The molecule has 0 saturated carbocycles. The maximum atomic E-state index is 13.5. The minimum absolute atomic E-state index is 0.129. The number of ether oxygens (including phenoxy) is 1. The van der Waals surface area contributed by atoms with Crippen LogP contribution < -0.4 is 5.32 Å². The molecule has 41 heavy (non-hydrogen) atoms. The molecule has 216 valence electrons. The van der Waals surface area contributed by atoms with Crippen molar-refractivity contribution in [2.24, 2.45) is 5.92 Å². The number of rotatable bonds is 15. The molecule has 1 atom stereocenters. The number of hydrogen-bond acceptors (Lipinski definition) is 5. The second-order valence-corrected chi connectivity index (χ2v) is 10.7. The first-order chi connectivity index (χ1) is 19.8. The lowest BCUT2D eigenvalue weighted by Crippen LogP contribution is -2.17. The Hall–Kier alpha value is -3.97. The fourth-order valence-electron chi connectivity index (χ4n) is 5.35. The standard InChI is InChI=1S/C34H40FN3O3/c1-5-7-25(21-38-22-31-32(37-38)17-16-30(34(31)40)24(3)36-18-19-41-4)8-6-9-33(39)27-12-10-26(11-13-27)29-15-14-28(35)20-23(29)2/h10-17,20,22,25,36,40H,3,5-9,18-19,21H2,1-2,4H3. The average molecular weight is 558 g/mol. The van der Waals surface area contributed by atoms with Gasteiger partial charge >= 0.3 is 0 Å². The zero-order chi connectivity index (χ0) is 29.4. The first kappa shape index (κ1) is 30.0. The van der Waals surface area contributed by atoms with Crippen LogP contribution in [0.5, 0.6) is 5.75 Å². The maximum absolute atomic E-state index is 13.5. The highest BCUT2D eigenvalue weighted by Gasteiger charge is 2.16. The molecule has 7 heteroatoms. The molecule has 0 aliphatic heterocycles. The van der Waals surface area contributed by atoms with Crippen LogP contribution in [0, 0.1) is 18.7 Å². The van der Waals surface area contributed by atoms with Crippen molar-refractivity contribution < 1.29 is 19.0 Å². The first-order valence-corrected chi connectivity index (χ1v) is 14.3. The summed E-state index contributed by atoms with van der Waals surface area (Å²) in [5.41, 5.74) is 5.53. The van der Waals surface area contributed by atoms with Crippen LogP contribution in [0.25, 0.3) is 27.7 Å². The van der Waals surface area contributed by atoms with E-state index in [9.17, 15) is 14.3 Å². The predicted octanol–water partition coefficient (Wildman–Crippen LogP) is 7.53. The normalized spacial score (nSPS) is 12.0. The van der Waals surface area contributed by atoms with Gasteiger partial charge in [-0.2, -0.15) is 5.10 Å². The number of ketones is 1. The van der Waals surface area contributed by atoms with Gasteiger partial charge in [-0.1, -0.05) is 50.3 Å². The van der Waals surface area contributed by atoms with Gasteiger partial charge in [-0.25, -0.2) is 4.39 Å². The van der Waals surface area contributed by atoms with Gasteiger partial charge in [0.15, 0.2) is 5.78 Å². The molecule has 0 radical (unpaired) electrons. The Bertz CT molecular complexity index is 1490. The summed E-state index contributed by atoms with van der Waals surface area (Å²) in [5.74, 6) is 0.421. The Morgan fingerprint density at radius 2 is 1.93 bits per heavy atom. The van der Waals surface area contributed by atoms with Crippen LogP contribution >= 0.6 is 0 Å². The van der Waals surface area contributed by atoms with Gasteiger partial charge in [0.1, 0.15) is 11.6 Å². The number of benzene rings is 3. The van der Waals surface area contributed by atoms with Crippen LogP contribution in [0.3, 0.4) is 0 Å². The van der Waals surface area contributed by atoms with E-state index >= 15 is 0 Å². The lowest BCUT2D eigenvalue weighted by atomic mass is 9.94. The van der Waals surface area contributed by atoms with Crippen molar-refractivity contribution in [3.63, 3.8) is 0 Å². The number of carbonyl (C=O) groups is 1. The van der Waals surface area contributed by atoms with Crippen LogP contribution in [-0.2, 0) is 11.3 Å². The van der Waals surface area contributed by atoms with E-state index < -0.39 is 0 Å². The van der Waals surface area contributed by atoms with E-state index in [-0.39, 0.29) is 17.3 Å². The minimum Gasteiger partial charge on any atom is -0.506 e. The summed E-state index contributed by atoms with van der Waals surface area (Å²) in [6.45, 7) is 9.98. The molecule has 0 aliphatic rings. The quantitative estimate of drug-likeness (QED) is 0.117. The highest BCUT2D eigenvalue weighted by atomic mass is 19.1. The van der Waals surface area contributed by atoms with Crippen molar-refractivity contribution in [1.82, 2.24) is 15.1 Å². The number of aromatic hydroxyl groups is 1. The molecule has 0 aliphatic carbocycles. The third-order valence-electron chi connectivity index (χ3n) is 7.54. The van der Waals surface area contributed by atoms with Gasteiger partial charge in [0, 0.05) is 49.6 Å². The molecule has 0 saturated heterocycles. The van der Waals surface area contributed by atoms with E-state index in [2.05, 4.69) is 18.8 Å². The Labute approximate surface area is 241 Å². The predicted molar refractivity (Wildman–Crippen MR) is 163 cm³/mol. The van der Waals surface area contributed by atoms with E-state index in [1.807, 2.05) is 54.2 Å². The van der Waals surface area contributed by atoms with E-state index in [0.717, 1.165) is 54.4 Å². The molecular weight excluding hydrogens is 517 g/mol. The lowest BCUT2D eigenvalue weighted by molar-refractivity contribution is 0.0977. The van der Waals surface area contributed by atoms with Gasteiger partial charge in [-0.15, -0.1) is 0 Å². The van der Waals surface area contributed by atoms with Gasteiger partial charge in [0.25, 0.3) is 0 Å². The molecule has 3 aromatic carbocycles. The van der Waals surface area contributed by atoms with Crippen molar-refractivity contribution in [2.75, 3.05) is 20.3 Å². The average Bonchev–Trinajstić information content (AvgIpc) is 3.37. The smallest absolute Gasteiger partial charge is 0.162 e. The van der Waals surface area contributed by atoms with Crippen LogP contribution in [0.1, 0.15) is 60.5 Å². The molecule has 1 aromatic heterocycles. The van der Waals surface area contributed by atoms with Crippen LogP contribution in [-0.4, -0.2) is 40.9 Å². The van der Waals surface area contributed by atoms with Crippen molar-refractivity contribution in [2.45, 2.75) is 52.5 Å². The van der Waals surface area contributed by atoms with Gasteiger partial charge in [-0.3, -0.25) is 9.48 Å². The van der Waals surface area contributed by atoms with Crippen LogP contribution in [0.15, 0.2) is 67.4 Å². The Morgan fingerprint density at radius 1 is 1.15 bits per heavy atom. The molecule has 0 bridgehead atoms. The minimum atomic E-state index is -0.249. The van der Waals surface area contributed by atoms with Crippen molar-refractivity contribution in [3.8, 4) is 16.9 Å². The van der Waals surface area contributed by atoms with E-state index in [0.29, 0.717) is 47.7 Å². The molecule has 6 nitrogen and oxygen atoms in total. The number of aromatic nitrogens is 2. The fraction of sp³-hybridized carbons (Fsp3) is 0.353. The lowest BCUT2D eigenvalue weighted by Gasteiger charge is -2.16. The molecule has 4 rings (SSSR count). The largest absolute Gasteiger partial charge is 0.506 e. The van der Waals surface area contributed by atoms with Gasteiger partial charge in [0.2, 0.25) is 0 Å². The van der Waals surface area contributed by atoms with Gasteiger partial charge < -0.3 is 15.2 Å². The number of carbonyl (C=O) groups excluding carboxylic acids is 1. The zero-order valence-electron chi connectivity index (χ0n) is 24.3. The number of nitrogens with zero attached hydrogens (tertiary/aromatic N) is 2. The summed E-state index contributed by atoms with van der Waals surface area (Å²) >= 11 is 0. The Balaban J connectivity index is 1.35. The van der Waals surface area contributed by atoms with Crippen molar-refractivity contribution in [3.05, 3.63) is 89.9 Å². The summed E-state index contributed by atoms with van der Waals surface area (Å²) in [6.07, 6.45) is 6.18. The second-order valence-electron chi connectivity index (χ2n) is 10.7. The third kappa shape index (κ3) is 7.61. The number of aryl methyl sites for hydroxylation is 1.